The van der Waals surface area contributed by atoms with Crippen LogP contribution in [0.5, 0.6) is 0 Å². The Morgan fingerprint density at radius 1 is 1.29 bits per heavy atom. The van der Waals surface area contributed by atoms with Crippen LogP contribution >= 0.6 is 0 Å². The van der Waals surface area contributed by atoms with Crippen LogP contribution in [0.15, 0.2) is 0 Å². The molecule has 0 aromatic rings. The van der Waals surface area contributed by atoms with E-state index < -0.39 is 65.8 Å². The van der Waals surface area contributed by atoms with E-state index >= 15 is 0 Å². The van der Waals surface area contributed by atoms with Crippen molar-refractivity contribution in [1.82, 2.24) is 20.9 Å². The molecule has 3 rings (SSSR count). The Balaban J connectivity index is 1.80. The highest BCUT2D eigenvalue weighted by Gasteiger charge is 2.70. The fourth-order valence-electron chi connectivity index (χ4n) is 5.17. The Kier molecular flexibility index (Phi) is 6.13. The van der Waals surface area contributed by atoms with Gasteiger partial charge in [0.05, 0.1) is 6.07 Å². The van der Waals surface area contributed by atoms with E-state index in [1.165, 1.54) is 25.7 Å². The molecule has 2 aliphatic heterocycles. The fraction of sp³-hybridized carbons (Fsp3) is 0.783. The van der Waals surface area contributed by atoms with E-state index in [4.69, 9.17) is 2.74 Å². The van der Waals surface area contributed by atoms with Gasteiger partial charge in [-0.25, -0.2) is 0 Å². The molecule has 0 aromatic heterocycles. The van der Waals surface area contributed by atoms with Gasteiger partial charge >= 0.3 is 12.1 Å². The number of carbonyl (C=O) groups is 4. The first-order valence-electron chi connectivity index (χ1n) is 12.4. The molecular weight excluding hydrogens is 467 g/mol. The molecule has 35 heavy (non-hydrogen) atoms. The van der Waals surface area contributed by atoms with Crippen LogP contribution in [0.25, 0.3) is 0 Å². The van der Waals surface area contributed by atoms with Crippen LogP contribution in [-0.2, 0) is 19.2 Å². The number of halogens is 3. The Morgan fingerprint density at radius 3 is 2.40 bits per heavy atom. The van der Waals surface area contributed by atoms with Gasteiger partial charge in [-0.05, 0) is 35.5 Å². The number of carbonyl (C=O) groups excluding carboxylic acids is 4. The molecule has 2 heterocycles. The van der Waals surface area contributed by atoms with Crippen molar-refractivity contribution in [2.45, 2.75) is 71.8 Å². The molecule has 3 aliphatic rings. The Labute approximate surface area is 205 Å². The number of piperidine rings is 1. The minimum absolute atomic E-state index is 0.0977. The average Bonchev–Trinajstić information content (AvgIpc) is 3.04. The zero-order chi connectivity index (χ0) is 28.3. The second kappa shape index (κ2) is 8.99. The maximum atomic E-state index is 13.5. The maximum Gasteiger partial charge on any atom is 0.471 e. The lowest BCUT2D eigenvalue weighted by molar-refractivity contribution is -0.176. The van der Waals surface area contributed by atoms with Gasteiger partial charge in [-0.2, -0.15) is 18.4 Å². The average molecular weight is 502 g/mol. The Hall–Kier alpha value is -2.84. The third kappa shape index (κ3) is 5.23. The van der Waals surface area contributed by atoms with E-state index in [1.54, 1.807) is 5.32 Å². The molecule has 0 unspecified atom stereocenters. The van der Waals surface area contributed by atoms with Gasteiger partial charge in [0.2, 0.25) is 17.7 Å². The van der Waals surface area contributed by atoms with Crippen LogP contribution in [0.1, 0.15) is 50.2 Å². The number of alkyl halides is 3. The molecule has 2 saturated heterocycles. The van der Waals surface area contributed by atoms with Crippen molar-refractivity contribution in [3.05, 3.63) is 0 Å². The summed E-state index contributed by atoms with van der Waals surface area (Å²) in [6, 6.07) is -1.90. The van der Waals surface area contributed by atoms with Crippen molar-refractivity contribution in [1.29, 1.82) is 5.26 Å². The number of fused-ring (bicyclic) bond motifs is 1. The quantitative estimate of drug-likeness (QED) is 0.502. The van der Waals surface area contributed by atoms with Crippen molar-refractivity contribution < 1.29 is 35.1 Å². The molecule has 1 aliphatic carbocycles. The van der Waals surface area contributed by atoms with Crippen molar-refractivity contribution >= 4 is 23.6 Å². The number of hydrogen-bond donors (Lipinski definition) is 3. The van der Waals surface area contributed by atoms with Gasteiger partial charge < -0.3 is 20.9 Å². The molecular formula is C23H32F3N5O4. The summed E-state index contributed by atoms with van der Waals surface area (Å²) < 4.78 is 54.2. The van der Waals surface area contributed by atoms with Crippen LogP contribution in [0.3, 0.4) is 0 Å². The standard InChI is InChI=1S/C23H32F3N5O4/c1-21(2,3)16(30-20(35)23(24,25)26)19(34)31-10-13-14(22(13,4)5)15(31)18(33)29-12(9-27)8-11-6-7-28-17(11)32/h11-16H,6-8,10H2,1-5H3,(H,28,32)(H,29,33)(H,30,35)/t11-,12+,13-,14-,15-,16+/m0/s1/i7D2. The SMILES string of the molecule is [2H]C1([2H])C[C@@H](C[C@H](C#N)NC(=O)[C@@H]2[C@@H]3[C@H](CN2C(=O)[C@@H](NC(=O)C(F)(F)F)C(C)(C)C)C3(C)C)C(=O)N1. The third-order valence-corrected chi connectivity index (χ3v) is 7.33. The van der Waals surface area contributed by atoms with Crippen molar-refractivity contribution in [2.24, 2.45) is 28.6 Å². The summed E-state index contributed by atoms with van der Waals surface area (Å²) in [6.07, 6.45) is -5.51. The van der Waals surface area contributed by atoms with Gasteiger partial charge in [0.15, 0.2) is 0 Å². The number of nitrogens with zero attached hydrogens (tertiary/aromatic N) is 2. The molecule has 9 nitrogen and oxygen atoms in total. The van der Waals surface area contributed by atoms with E-state index in [0.717, 1.165) is 0 Å². The predicted octanol–water partition coefficient (Wildman–Crippen LogP) is 1.10. The van der Waals surface area contributed by atoms with Crippen molar-refractivity contribution in [3.63, 3.8) is 0 Å². The zero-order valence-electron chi connectivity index (χ0n) is 22.2. The summed E-state index contributed by atoms with van der Waals surface area (Å²) in [7, 11) is 0. The van der Waals surface area contributed by atoms with E-state index in [2.05, 4.69) is 10.6 Å². The Bertz CT molecular complexity index is 1040. The molecule has 6 atom stereocenters. The lowest BCUT2D eigenvalue weighted by atomic mass is 9.85. The smallest absolute Gasteiger partial charge is 0.356 e. The molecule has 4 amide bonds. The Morgan fingerprint density at radius 2 is 1.91 bits per heavy atom. The molecule has 3 fully saturated rings. The summed E-state index contributed by atoms with van der Waals surface area (Å²) in [5.41, 5.74) is -1.43. The first-order chi connectivity index (χ1) is 16.7. The van der Waals surface area contributed by atoms with E-state index in [1.807, 2.05) is 19.9 Å². The number of hydrogen-bond acceptors (Lipinski definition) is 5. The molecule has 0 bridgehead atoms. The van der Waals surface area contributed by atoms with Gasteiger partial charge in [-0.3, -0.25) is 19.2 Å². The monoisotopic (exact) mass is 501 g/mol. The van der Waals surface area contributed by atoms with Gasteiger partial charge in [0.1, 0.15) is 18.1 Å². The number of amides is 4. The first kappa shape index (κ1) is 23.9. The van der Waals surface area contributed by atoms with E-state index in [9.17, 15) is 37.6 Å². The molecule has 0 aromatic carbocycles. The summed E-state index contributed by atoms with van der Waals surface area (Å²) in [5.74, 6) is -5.59. The highest BCUT2D eigenvalue weighted by atomic mass is 19.4. The summed E-state index contributed by atoms with van der Waals surface area (Å²) >= 11 is 0. The number of rotatable bonds is 6. The normalized spacial score (nSPS) is 31.2. The zero-order valence-corrected chi connectivity index (χ0v) is 20.2. The van der Waals surface area contributed by atoms with Crippen LogP contribution in [0.2, 0.25) is 0 Å². The molecule has 194 valence electrons. The minimum atomic E-state index is -5.20. The van der Waals surface area contributed by atoms with Crippen LogP contribution in [0, 0.1) is 39.9 Å². The van der Waals surface area contributed by atoms with Crippen molar-refractivity contribution in [3.8, 4) is 6.07 Å². The van der Waals surface area contributed by atoms with Crippen LogP contribution in [0.4, 0.5) is 13.2 Å². The highest BCUT2D eigenvalue weighted by molar-refractivity contribution is 5.95. The molecule has 0 spiro atoms. The van der Waals surface area contributed by atoms with Gasteiger partial charge in [-0.15, -0.1) is 0 Å². The lowest BCUT2D eigenvalue weighted by Gasteiger charge is -2.37. The number of nitrogens with one attached hydrogen (secondary N) is 3. The van der Waals surface area contributed by atoms with Crippen molar-refractivity contribution in [2.75, 3.05) is 13.0 Å². The largest absolute Gasteiger partial charge is 0.471 e. The third-order valence-electron chi connectivity index (χ3n) is 7.33. The van der Waals surface area contributed by atoms with E-state index in [-0.39, 0.29) is 36.6 Å². The lowest BCUT2D eigenvalue weighted by Crippen LogP contribution is -2.61. The van der Waals surface area contributed by atoms with E-state index in [0.29, 0.717) is 0 Å². The number of likely N-dealkylation sites (tertiary alicyclic amines) is 1. The maximum absolute atomic E-state index is 13.5. The first-order valence-corrected chi connectivity index (χ1v) is 11.4. The van der Waals surface area contributed by atoms with Crippen LogP contribution in [-0.4, -0.2) is 65.9 Å². The van der Waals surface area contributed by atoms with Crippen LogP contribution < -0.4 is 16.0 Å². The molecule has 1 saturated carbocycles. The highest BCUT2D eigenvalue weighted by Crippen LogP contribution is 2.65. The molecule has 3 N–H and O–H groups in total. The number of nitriles is 1. The molecule has 0 radical (unpaired) electrons. The summed E-state index contributed by atoms with van der Waals surface area (Å²) in [5, 5.41) is 16.1. The molecule has 12 heteroatoms. The fourth-order valence-corrected chi connectivity index (χ4v) is 5.17. The second-order valence-corrected chi connectivity index (χ2v) is 11.2. The van der Waals surface area contributed by atoms with Gasteiger partial charge in [0.25, 0.3) is 0 Å². The summed E-state index contributed by atoms with van der Waals surface area (Å²) in [6.45, 7) is 6.49. The minimum Gasteiger partial charge on any atom is -0.356 e. The summed E-state index contributed by atoms with van der Waals surface area (Å²) in [4.78, 5) is 51.8. The van der Waals surface area contributed by atoms with Gasteiger partial charge in [-0.1, -0.05) is 34.6 Å². The second-order valence-electron chi connectivity index (χ2n) is 11.2. The predicted molar refractivity (Wildman–Crippen MR) is 117 cm³/mol. The van der Waals surface area contributed by atoms with Gasteiger partial charge in [0, 0.05) is 21.7 Å². The topological polar surface area (TPSA) is 131 Å².